The predicted octanol–water partition coefficient (Wildman–Crippen LogP) is 2.01. The standard InChI is InChI=1S/C18H31N5O2.2ClH/c1-12(2)15(19)8-9-21(3)18(25)14-6-7-16(24)23(5)17(14)13-10-20-22(4)11-13;;/h10-12,14-15,17H,6-9,19H2,1-5H3;2*1H. The molecule has 0 aromatic carbocycles. The molecule has 1 saturated heterocycles. The van der Waals surface area contributed by atoms with Gasteiger partial charge in [0.1, 0.15) is 0 Å². The lowest BCUT2D eigenvalue weighted by Gasteiger charge is -2.39. The minimum absolute atomic E-state index is 0. The van der Waals surface area contributed by atoms with Crippen molar-refractivity contribution in [2.75, 3.05) is 20.6 Å². The van der Waals surface area contributed by atoms with Crippen molar-refractivity contribution in [1.82, 2.24) is 19.6 Å². The minimum Gasteiger partial charge on any atom is -0.345 e. The van der Waals surface area contributed by atoms with E-state index in [9.17, 15) is 9.59 Å². The fourth-order valence-electron chi connectivity index (χ4n) is 3.41. The number of hydrogen-bond donors (Lipinski definition) is 1. The maximum absolute atomic E-state index is 13.0. The summed E-state index contributed by atoms with van der Waals surface area (Å²) in [6.07, 6.45) is 5.38. The van der Waals surface area contributed by atoms with E-state index < -0.39 is 0 Å². The van der Waals surface area contributed by atoms with Gasteiger partial charge in [0.05, 0.1) is 18.2 Å². The molecule has 3 atom stereocenters. The van der Waals surface area contributed by atoms with Gasteiger partial charge >= 0.3 is 0 Å². The molecule has 2 N–H and O–H groups in total. The molecule has 2 heterocycles. The second-order valence-corrected chi connectivity index (χ2v) is 7.50. The van der Waals surface area contributed by atoms with E-state index in [1.807, 2.05) is 20.3 Å². The number of nitrogens with two attached hydrogens (primary N) is 1. The van der Waals surface area contributed by atoms with Crippen LogP contribution in [0.1, 0.15) is 44.7 Å². The van der Waals surface area contributed by atoms with Gasteiger partial charge in [-0.2, -0.15) is 5.10 Å². The Morgan fingerprint density at radius 3 is 2.52 bits per heavy atom. The van der Waals surface area contributed by atoms with Crippen LogP contribution >= 0.6 is 24.8 Å². The normalized spacial score (nSPS) is 20.7. The fraction of sp³-hybridized carbons (Fsp3) is 0.722. The summed E-state index contributed by atoms with van der Waals surface area (Å²) in [5.41, 5.74) is 7.01. The molecule has 2 rings (SSSR count). The molecule has 7 nitrogen and oxygen atoms in total. The highest BCUT2D eigenvalue weighted by Gasteiger charge is 2.40. The zero-order chi connectivity index (χ0) is 18.7. The number of hydrogen-bond acceptors (Lipinski definition) is 4. The van der Waals surface area contributed by atoms with Gasteiger partial charge in [-0.3, -0.25) is 14.3 Å². The Morgan fingerprint density at radius 1 is 1.37 bits per heavy atom. The largest absolute Gasteiger partial charge is 0.345 e. The average molecular weight is 422 g/mol. The van der Waals surface area contributed by atoms with Crippen molar-refractivity contribution in [2.24, 2.45) is 24.6 Å². The molecule has 1 aromatic rings. The Labute approximate surface area is 174 Å². The van der Waals surface area contributed by atoms with E-state index in [2.05, 4.69) is 18.9 Å². The van der Waals surface area contributed by atoms with Crippen molar-refractivity contribution < 1.29 is 9.59 Å². The van der Waals surface area contributed by atoms with E-state index in [1.54, 1.807) is 27.7 Å². The van der Waals surface area contributed by atoms with Gasteiger partial charge in [0.25, 0.3) is 0 Å². The quantitative estimate of drug-likeness (QED) is 0.760. The maximum Gasteiger partial charge on any atom is 0.227 e. The fourth-order valence-corrected chi connectivity index (χ4v) is 3.41. The Balaban J connectivity index is 0.00000338. The Morgan fingerprint density at radius 2 is 2.00 bits per heavy atom. The summed E-state index contributed by atoms with van der Waals surface area (Å²) in [4.78, 5) is 28.7. The molecule has 0 aliphatic carbocycles. The van der Waals surface area contributed by atoms with Crippen molar-refractivity contribution >= 4 is 36.6 Å². The lowest BCUT2D eigenvalue weighted by atomic mass is 9.84. The summed E-state index contributed by atoms with van der Waals surface area (Å²) in [5.74, 6) is 0.295. The lowest BCUT2D eigenvalue weighted by molar-refractivity contribution is -0.146. The highest BCUT2D eigenvalue weighted by atomic mass is 35.5. The topological polar surface area (TPSA) is 84.5 Å². The Kier molecular flexibility index (Phi) is 10.4. The minimum atomic E-state index is -0.260. The van der Waals surface area contributed by atoms with Crippen molar-refractivity contribution in [1.29, 1.82) is 0 Å². The SMILES string of the molecule is CC(C)C(N)CCN(C)C(=O)C1CCC(=O)N(C)C1c1cnn(C)c1.Cl.Cl. The number of aromatic nitrogens is 2. The first-order valence-corrected chi connectivity index (χ1v) is 8.97. The van der Waals surface area contributed by atoms with Crippen LogP contribution in [-0.4, -0.2) is 58.1 Å². The van der Waals surface area contributed by atoms with Gasteiger partial charge < -0.3 is 15.5 Å². The van der Waals surface area contributed by atoms with Crippen LogP contribution in [0.2, 0.25) is 0 Å². The highest BCUT2D eigenvalue weighted by Crippen LogP contribution is 2.36. The zero-order valence-electron chi connectivity index (χ0n) is 16.8. The first kappa shape index (κ1) is 25.7. The van der Waals surface area contributed by atoms with Crippen LogP contribution in [0.3, 0.4) is 0 Å². The molecule has 1 aromatic heterocycles. The third-order valence-corrected chi connectivity index (χ3v) is 5.27. The van der Waals surface area contributed by atoms with Crippen LogP contribution in [-0.2, 0) is 16.6 Å². The van der Waals surface area contributed by atoms with Gasteiger partial charge in [-0.25, -0.2) is 0 Å². The van der Waals surface area contributed by atoms with Gasteiger partial charge in [-0.15, -0.1) is 24.8 Å². The number of likely N-dealkylation sites (tertiary alicyclic amines) is 1. The summed E-state index contributed by atoms with van der Waals surface area (Å²) >= 11 is 0. The molecular weight excluding hydrogens is 389 g/mol. The van der Waals surface area contributed by atoms with E-state index in [-0.39, 0.29) is 54.6 Å². The first-order chi connectivity index (χ1) is 11.7. The highest BCUT2D eigenvalue weighted by molar-refractivity contribution is 5.86. The van der Waals surface area contributed by atoms with Gasteiger partial charge in [0.15, 0.2) is 0 Å². The van der Waals surface area contributed by atoms with Crippen LogP contribution in [0.25, 0.3) is 0 Å². The van der Waals surface area contributed by atoms with Crippen LogP contribution in [0.5, 0.6) is 0 Å². The lowest BCUT2D eigenvalue weighted by Crippen LogP contribution is -2.47. The number of carbonyl (C=O) groups is 2. The van der Waals surface area contributed by atoms with E-state index in [0.29, 0.717) is 25.3 Å². The Bertz CT molecular complexity index is 623. The number of rotatable bonds is 6. The molecule has 0 bridgehead atoms. The van der Waals surface area contributed by atoms with Crippen LogP contribution in [0.4, 0.5) is 0 Å². The molecule has 0 radical (unpaired) electrons. The summed E-state index contributed by atoms with van der Waals surface area (Å²) in [6.45, 7) is 4.81. The van der Waals surface area contributed by atoms with E-state index in [4.69, 9.17) is 5.73 Å². The van der Waals surface area contributed by atoms with Gasteiger partial charge in [-0.1, -0.05) is 13.8 Å². The number of aryl methyl sites for hydroxylation is 1. The predicted molar refractivity (Wildman–Crippen MR) is 111 cm³/mol. The molecule has 1 aliphatic heterocycles. The first-order valence-electron chi connectivity index (χ1n) is 8.97. The molecular formula is C18H33Cl2N5O2. The number of halogens is 2. The number of amides is 2. The van der Waals surface area contributed by atoms with Crippen LogP contribution in [0, 0.1) is 11.8 Å². The summed E-state index contributed by atoms with van der Waals surface area (Å²) in [5, 5.41) is 4.21. The molecule has 27 heavy (non-hydrogen) atoms. The van der Waals surface area contributed by atoms with Crippen molar-refractivity contribution in [2.45, 2.75) is 45.2 Å². The molecule has 2 amide bonds. The van der Waals surface area contributed by atoms with Crippen LogP contribution < -0.4 is 5.73 Å². The number of piperidine rings is 1. The molecule has 3 unspecified atom stereocenters. The molecule has 156 valence electrons. The molecule has 0 spiro atoms. The zero-order valence-corrected chi connectivity index (χ0v) is 18.4. The summed E-state index contributed by atoms with van der Waals surface area (Å²) in [7, 11) is 5.44. The van der Waals surface area contributed by atoms with Gasteiger partial charge in [0, 0.05) is 51.9 Å². The third-order valence-electron chi connectivity index (χ3n) is 5.27. The van der Waals surface area contributed by atoms with Gasteiger partial charge in [-0.05, 0) is 18.8 Å². The van der Waals surface area contributed by atoms with E-state index in [0.717, 1.165) is 12.0 Å². The summed E-state index contributed by atoms with van der Waals surface area (Å²) in [6, 6.07) is -0.177. The van der Waals surface area contributed by atoms with Crippen molar-refractivity contribution in [3.8, 4) is 0 Å². The number of carbonyl (C=O) groups excluding carboxylic acids is 2. The molecule has 1 aliphatic rings. The molecule has 0 saturated carbocycles. The third kappa shape index (κ3) is 6.09. The van der Waals surface area contributed by atoms with E-state index in [1.165, 1.54) is 0 Å². The second-order valence-electron chi connectivity index (χ2n) is 7.50. The average Bonchev–Trinajstić information content (AvgIpc) is 2.99. The monoisotopic (exact) mass is 421 g/mol. The van der Waals surface area contributed by atoms with Gasteiger partial charge in [0.2, 0.25) is 11.8 Å². The van der Waals surface area contributed by atoms with Crippen molar-refractivity contribution in [3.63, 3.8) is 0 Å². The smallest absolute Gasteiger partial charge is 0.227 e. The molecule has 1 fully saturated rings. The second kappa shape index (κ2) is 10.9. The van der Waals surface area contributed by atoms with Crippen molar-refractivity contribution in [3.05, 3.63) is 18.0 Å². The van der Waals surface area contributed by atoms with Crippen LogP contribution in [0.15, 0.2) is 12.4 Å². The Hall–Kier alpha value is -1.31. The number of nitrogens with zero attached hydrogens (tertiary/aromatic N) is 4. The maximum atomic E-state index is 13.0. The molecule has 9 heteroatoms. The summed E-state index contributed by atoms with van der Waals surface area (Å²) < 4.78 is 1.70. The van der Waals surface area contributed by atoms with E-state index >= 15 is 0 Å².